The summed E-state index contributed by atoms with van der Waals surface area (Å²) in [6.07, 6.45) is 2.47. The maximum Gasteiger partial charge on any atom is 0.191 e. The number of thioether (sulfide) groups is 1. The van der Waals surface area contributed by atoms with E-state index in [0.717, 1.165) is 45.3 Å². The van der Waals surface area contributed by atoms with E-state index in [0.29, 0.717) is 12.6 Å². The first-order valence-corrected chi connectivity index (χ1v) is 11.1. The van der Waals surface area contributed by atoms with Crippen LogP contribution in [0.1, 0.15) is 38.8 Å². The monoisotopic (exact) mass is 520 g/mol. The molecule has 7 heteroatoms. The van der Waals surface area contributed by atoms with Gasteiger partial charge in [-0.1, -0.05) is 24.3 Å². The molecule has 1 aliphatic heterocycles. The minimum absolute atomic E-state index is 0. The Bertz CT molecular complexity index is 612. The van der Waals surface area contributed by atoms with Gasteiger partial charge < -0.3 is 15.4 Å². The van der Waals surface area contributed by atoms with Gasteiger partial charge in [0.25, 0.3) is 0 Å². The molecule has 5 nitrogen and oxygen atoms in total. The molecule has 0 aromatic heterocycles. The van der Waals surface area contributed by atoms with E-state index in [-0.39, 0.29) is 28.7 Å². The zero-order valence-electron chi connectivity index (χ0n) is 18.0. The molecule has 1 unspecified atom stereocenters. The predicted octanol–water partition coefficient (Wildman–Crippen LogP) is 3.72. The van der Waals surface area contributed by atoms with Crippen molar-refractivity contribution in [2.75, 3.05) is 39.0 Å². The zero-order chi connectivity index (χ0) is 19.7. The van der Waals surface area contributed by atoms with Gasteiger partial charge in [0.2, 0.25) is 0 Å². The van der Waals surface area contributed by atoms with Gasteiger partial charge in [0, 0.05) is 37.5 Å². The summed E-state index contributed by atoms with van der Waals surface area (Å²) in [5.41, 5.74) is 2.59. The lowest BCUT2D eigenvalue weighted by atomic mass is 10.1. The summed E-state index contributed by atoms with van der Waals surface area (Å²) >= 11 is 1.86. The lowest BCUT2D eigenvalue weighted by Gasteiger charge is -2.31. The van der Waals surface area contributed by atoms with Crippen molar-refractivity contribution in [3.05, 3.63) is 35.4 Å². The third-order valence-corrected chi connectivity index (χ3v) is 5.97. The molecule has 1 saturated heterocycles. The number of ether oxygens (including phenoxy) is 1. The fourth-order valence-corrected chi connectivity index (χ4v) is 3.22. The standard InChI is InChI=1S/C21H36N4OS.HI/c1-6-22-20(24-16-21(3,4)27-5)23-13-18-8-7-9-19(12-18)15-25-10-11-26-17(2)14-25;/h7-9,12,17H,6,10-11,13-16H2,1-5H3,(H2,22,23,24);1H. The van der Waals surface area contributed by atoms with Crippen LogP contribution < -0.4 is 10.6 Å². The highest BCUT2D eigenvalue weighted by Gasteiger charge is 2.17. The van der Waals surface area contributed by atoms with Crippen molar-refractivity contribution < 1.29 is 4.74 Å². The Morgan fingerprint density at radius 3 is 2.75 bits per heavy atom. The van der Waals surface area contributed by atoms with Crippen LogP contribution in [-0.4, -0.2) is 60.8 Å². The van der Waals surface area contributed by atoms with Crippen LogP contribution in [0.2, 0.25) is 0 Å². The van der Waals surface area contributed by atoms with Gasteiger partial charge in [0.1, 0.15) is 0 Å². The van der Waals surface area contributed by atoms with Crippen LogP contribution in [0.3, 0.4) is 0 Å². The molecule has 2 N–H and O–H groups in total. The van der Waals surface area contributed by atoms with E-state index < -0.39 is 0 Å². The third-order valence-electron chi connectivity index (χ3n) is 4.72. The summed E-state index contributed by atoms with van der Waals surface area (Å²) in [4.78, 5) is 7.24. The number of rotatable bonds is 8. The van der Waals surface area contributed by atoms with E-state index in [9.17, 15) is 0 Å². The van der Waals surface area contributed by atoms with Crippen molar-refractivity contribution in [2.24, 2.45) is 4.99 Å². The minimum atomic E-state index is 0. The molecule has 1 aromatic carbocycles. The largest absolute Gasteiger partial charge is 0.376 e. The van der Waals surface area contributed by atoms with E-state index in [4.69, 9.17) is 9.73 Å². The highest BCUT2D eigenvalue weighted by atomic mass is 127. The van der Waals surface area contributed by atoms with Crippen LogP contribution in [0.4, 0.5) is 0 Å². The van der Waals surface area contributed by atoms with Crippen LogP contribution in [0.15, 0.2) is 29.3 Å². The van der Waals surface area contributed by atoms with Crippen LogP contribution in [0, 0.1) is 0 Å². The smallest absolute Gasteiger partial charge is 0.191 e. The summed E-state index contributed by atoms with van der Waals surface area (Å²) in [5, 5.41) is 6.81. The number of nitrogens with one attached hydrogen (secondary N) is 2. The number of nitrogens with zero attached hydrogens (tertiary/aromatic N) is 2. The Morgan fingerprint density at radius 2 is 2.07 bits per heavy atom. The molecule has 28 heavy (non-hydrogen) atoms. The Kier molecular flexibility index (Phi) is 11.8. The second-order valence-corrected chi connectivity index (χ2v) is 9.26. The molecule has 1 aliphatic rings. The molecule has 160 valence electrons. The van der Waals surface area contributed by atoms with Crippen molar-refractivity contribution >= 4 is 41.7 Å². The SMILES string of the molecule is CCNC(=NCc1cccc(CN2CCOC(C)C2)c1)NCC(C)(C)SC.I. The molecule has 1 heterocycles. The average molecular weight is 521 g/mol. The highest BCUT2D eigenvalue weighted by molar-refractivity contribution is 14.0. The molecule has 0 aliphatic carbocycles. The van der Waals surface area contributed by atoms with Crippen LogP contribution in [0.25, 0.3) is 0 Å². The molecule has 1 aromatic rings. The van der Waals surface area contributed by atoms with Gasteiger partial charge in [-0.15, -0.1) is 24.0 Å². The van der Waals surface area contributed by atoms with E-state index in [1.807, 2.05) is 11.8 Å². The number of halogens is 1. The van der Waals surface area contributed by atoms with Gasteiger partial charge in [-0.25, -0.2) is 4.99 Å². The highest BCUT2D eigenvalue weighted by Crippen LogP contribution is 2.19. The number of guanidine groups is 1. The summed E-state index contributed by atoms with van der Waals surface area (Å²) in [5.74, 6) is 0.882. The topological polar surface area (TPSA) is 48.9 Å². The average Bonchev–Trinajstić information content (AvgIpc) is 2.64. The summed E-state index contributed by atoms with van der Waals surface area (Å²) in [6, 6.07) is 8.78. The molecule has 0 spiro atoms. The first-order valence-electron chi connectivity index (χ1n) is 9.91. The van der Waals surface area contributed by atoms with Crippen LogP contribution in [0.5, 0.6) is 0 Å². The molecule has 0 radical (unpaired) electrons. The third kappa shape index (κ3) is 9.33. The molecule has 0 amide bonds. The van der Waals surface area contributed by atoms with E-state index in [2.05, 4.69) is 73.7 Å². The molecule has 0 bridgehead atoms. The van der Waals surface area contributed by atoms with Crippen molar-refractivity contribution in [2.45, 2.75) is 51.6 Å². The second kappa shape index (κ2) is 12.9. The molecular formula is C21H37IN4OS. The maximum absolute atomic E-state index is 5.64. The number of hydrogen-bond donors (Lipinski definition) is 2. The Labute approximate surface area is 192 Å². The molecule has 1 fully saturated rings. The van der Waals surface area contributed by atoms with Crippen molar-refractivity contribution in [1.29, 1.82) is 0 Å². The number of aliphatic imine (C=N–C) groups is 1. The van der Waals surface area contributed by atoms with E-state index in [1.165, 1.54) is 11.1 Å². The lowest BCUT2D eigenvalue weighted by molar-refractivity contribution is -0.0212. The summed E-state index contributed by atoms with van der Waals surface area (Å²) in [6.45, 7) is 15.0. The van der Waals surface area contributed by atoms with Gasteiger partial charge in [0.05, 0.1) is 19.3 Å². The quantitative estimate of drug-likeness (QED) is 0.311. The van der Waals surface area contributed by atoms with Crippen molar-refractivity contribution in [1.82, 2.24) is 15.5 Å². The Hall–Kier alpha value is -0.510. The number of hydrogen-bond acceptors (Lipinski definition) is 4. The number of benzene rings is 1. The molecule has 1 atom stereocenters. The fourth-order valence-electron chi connectivity index (χ4n) is 3.00. The summed E-state index contributed by atoms with van der Waals surface area (Å²) in [7, 11) is 0. The maximum atomic E-state index is 5.64. The van der Waals surface area contributed by atoms with Gasteiger partial charge in [-0.3, -0.25) is 4.90 Å². The first kappa shape index (κ1) is 25.5. The lowest BCUT2D eigenvalue weighted by Crippen LogP contribution is -2.43. The molecular weight excluding hydrogens is 483 g/mol. The van der Waals surface area contributed by atoms with Gasteiger partial charge in [-0.2, -0.15) is 11.8 Å². The molecule has 0 saturated carbocycles. The zero-order valence-corrected chi connectivity index (χ0v) is 21.1. The second-order valence-electron chi connectivity index (χ2n) is 7.75. The molecule has 2 rings (SSSR count). The van der Waals surface area contributed by atoms with Crippen LogP contribution >= 0.6 is 35.7 Å². The Morgan fingerprint density at radius 1 is 1.32 bits per heavy atom. The van der Waals surface area contributed by atoms with Crippen LogP contribution in [-0.2, 0) is 17.8 Å². The van der Waals surface area contributed by atoms with Gasteiger partial charge >= 0.3 is 0 Å². The van der Waals surface area contributed by atoms with Crippen molar-refractivity contribution in [3.63, 3.8) is 0 Å². The van der Waals surface area contributed by atoms with E-state index in [1.54, 1.807) is 0 Å². The minimum Gasteiger partial charge on any atom is -0.376 e. The Balaban J connectivity index is 0.00000392. The normalized spacial score (nSPS) is 18.5. The number of morpholine rings is 1. The van der Waals surface area contributed by atoms with Gasteiger partial charge in [-0.05, 0) is 45.1 Å². The summed E-state index contributed by atoms with van der Waals surface area (Å²) < 4.78 is 5.82. The predicted molar refractivity (Wildman–Crippen MR) is 133 cm³/mol. The van der Waals surface area contributed by atoms with Gasteiger partial charge in [0.15, 0.2) is 5.96 Å². The van der Waals surface area contributed by atoms with Crippen molar-refractivity contribution in [3.8, 4) is 0 Å². The fraction of sp³-hybridized carbons (Fsp3) is 0.667. The van der Waals surface area contributed by atoms with E-state index >= 15 is 0 Å². The first-order chi connectivity index (χ1) is 12.9.